The minimum atomic E-state index is -0.250. The minimum Gasteiger partial charge on any atom is -0.483 e. The van der Waals surface area contributed by atoms with Crippen molar-refractivity contribution in [2.24, 2.45) is 5.92 Å². The third kappa shape index (κ3) is 22.9. The number of rotatable bonds is 13. The molecular formula is C32H52O4S. The van der Waals surface area contributed by atoms with Gasteiger partial charge in [0.1, 0.15) is 5.78 Å². The van der Waals surface area contributed by atoms with E-state index in [1.54, 1.807) is 18.3 Å². The fourth-order valence-electron chi connectivity index (χ4n) is 3.39. The number of carbonyl (C=O) groups is 2. The zero-order chi connectivity index (χ0) is 27.7. The lowest BCUT2D eigenvalue weighted by molar-refractivity contribution is -0.123. The first-order valence-corrected chi connectivity index (χ1v) is 14.9. The van der Waals surface area contributed by atoms with Crippen LogP contribution in [0, 0.1) is 19.8 Å². The fourth-order valence-corrected chi connectivity index (χ4v) is 4.22. The van der Waals surface area contributed by atoms with Gasteiger partial charge in [-0.1, -0.05) is 95.0 Å². The van der Waals surface area contributed by atoms with Gasteiger partial charge in [-0.3, -0.25) is 4.79 Å². The van der Waals surface area contributed by atoms with Crippen LogP contribution in [0.2, 0.25) is 0 Å². The predicted octanol–water partition coefficient (Wildman–Crippen LogP) is 9.35. The van der Waals surface area contributed by atoms with Crippen molar-refractivity contribution in [3.05, 3.63) is 57.3 Å². The number of hydrogen-bond acceptors (Lipinski definition) is 4. The number of Topliss-reactive ketones (excluding diaryl/α,β-unsaturated/α-hetero) is 1. The first-order valence-electron chi connectivity index (χ1n) is 14.1. The van der Waals surface area contributed by atoms with Crippen LogP contribution < -0.4 is 0 Å². The number of unbranched alkanes of at least 4 members (excludes halogenated alkanes) is 4. The van der Waals surface area contributed by atoms with Crippen LogP contribution >= 0.6 is 11.3 Å². The highest BCUT2D eigenvalue weighted by molar-refractivity contribution is 7.11. The van der Waals surface area contributed by atoms with Crippen LogP contribution in [0.15, 0.2) is 36.4 Å². The van der Waals surface area contributed by atoms with Crippen molar-refractivity contribution in [3.8, 4) is 0 Å². The van der Waals surface area contributed by atoms with Crippen molar-refractivity contribution < 1.29 is 19.4 Å². The van der Waals surface area contributed by atoms with Crippen LogP contribution in [0.4, 0.5) is 0 Å². The van der Waals surface area contributed by atoms with Crippen LogP contribution in [-0.4, -0.2) is 24.0 Å². The first kappa shape index (κ1) is 35.0. The summed E-state index contributed by atoms with van der Waals surface area (Å²) in [6, 6.07) is 13.2. The largest absolute Gasteiger partial charge is 0.483 e. The Morgan fingerprint density at radius 3 is 2.08 bits per heavy atom. The van der Waals surface area contributed by atoms with E-state index in [1.807, 2.05) is 0 Å². The Morgan fingerprint density at radius 2 is 1.59 bits per heavy atom. The van der Waals surface area contributed by atoms with Gasteiger partial charge in [-0.25, -0.2) is 0 Å². The second-order valence-corrected chi connectivity index (χ2v) is 11.4. The average molecular weight is 533 g/mol. The third-order valence-electron chi connectivity index (χ3n) is 6.12. The van der Waals surface area contributed by atoms with Gasteiger partial charge in [-0.15, -0.1) is 11.3 Å². The predicted molar refractivity (Wildman–Crippen MR) is 159 cm³/mol. The molecule has 1 aliphatic rings. The molecule has 1 heterocycles. The second-order valence-electron chi connectivity index (χ2n) is 10.0. The highest BCUT2D eigenvalue weighted by atomic mass is 32.1. The second kappa shape index (κ2) is 24.4. The Morgan fingerprint density at radius 1 is 1.00 bits per heavy atom. The monoisotopic (exact) mass is 532 g/mol. The maximum atomic E-state index is 10.8. The molecule has 0 spiro atoms. The van der Waals surface area contributed by atoms with E-state index in [1.165, 1.54) is 85.1 Å². The minimum absolute atomic E-state index is 0.250. The molecule has 4 nitrogen and oxygen atoms in total. The molecule has 0 aliphatic heterocycles. The molecule has 1 aromatic heterocycles. The number of carbonyl (C=O) groups excluding carboxylic acids is 1. The van der Waals surface area contributed by atoms with Crippen molar-refractivity contribution in [2.75, 3.05) is 6.61 Å². The zero-order valence-corrected chi connectivity index (χ0v) is 24.9. The average Bonchev–Trinajstić information content (AvgIpc) is 3.23. The third-order valence-corrected chi connectivity index (χ3v) is 7.10. The first-order chi connectivity index (χ1) is 17.8. The molecule has 1 N–H and O–H groups in total. The van der Waals surface area contributed by atoms with E-state index in [4.69, 9.17) is 14.6 Å². The lowest BCUT2D eigenvalue weighted by Crippen LogP contribution is -2.07. The van der Waals surface area contributed by atoms with Crippen molar-refractivity contribution in [1.82, 2.24) is 0 Å². The molecule has 0 saturated heterocycles. The highest BCUT2D eigenvalue weighted by Crippen LogP contribution is 2.17. The highest BCUT2D eigenvalue weighted by Gasteiger charge is 2.05. The summed E-state index contributed by atoms with van der Waals surface area (Å²) in [7, 11) is 0. The number of benzene rings is 1. The Hall–Kier alpha value is -1.98. The Labute approximate surface area is 230 Å². The van der Waals surface area contributed by atoms with Gasteiger partial charge in [0.25, 0.3) is 6.47 Å². The summed E-state index contributed by atoms with van der Waals surface area (Å²) < 4.78 is 5.63. The van der Waals surface area contributed by atoms with E-state index in [2.05, 4.69) is 64.1 Å². The Balaban J connectivity index is 0.000000558. The summed E-state index contributed by atoms with van der Waals surface area (Å²) in [6.45, 7) is 11.5. The molecule has 37 heavy (non-hydrogen) atoms. The quantitative estimate of drug-likeness (QED) is 0.206. The number of ketones is 1. The van der Waals surface area contributed by atoms with E-state index in [0.717, 1.165) is 13.0 Å². The Bertz CT molecular complexity index is 789. The molecule has 1 saturated carbocycles. The van der Waals surface area contributed by atoms with Crippen molar-refractivity contribution in [1.29, 1.82) is 0 Å². The summed E-state index contributed by atoms with van der Waals surface area (Å²) in [5, 5.41) is 6.89. The van der Waals surface area contributed by atoms with Gasteiger partial charge >= 0.3 is 0 Å². The van der Waals surface area contributed by atoms with E-state index < -0.39 is 0 Å². The van der Waals surface area contributed by atoms with E-state index in [-0.39, 0.29) is 12.3 Å². The molecule has 1 atom stereocenters. The van der Waals surface area contributed by atoms with E-state index in [9.17, 15) is 4.79 Å². The molecule has 210 valence electrons. The maximum absolute atomic E-state index is 10.8. The molecule has 5 heteroatoms. The summed E-state index contributed by atoms with van der Waals surface area (Å²) in [6.07, 6.45) is 15.7. The number of carboxylic acid groups (broad SMARTS) is 1. The van der Waals surface area contributed by atoms with Gasteiger partial charge in [0.05, 0.1) is 6.61 Å². The molecule has 0 radical (unpaired) electrons. The topological polar surface area (TPSA) is 63.6 Å². The fraction of sp³-hybridized carbons (Fsp3) is 0.625. The van der Waals surface area contributed by atoms with Crippen molar-refractivity contribution in [2.45, 2.75) is 118 Å². The smallest absolute Gasteiger partial charge is 0.290 e. The van der Waals surface area contributed by atoms with Gasteiger partial charge in [0, 0.05) is 22.8 Å². The van der Waals surface area contributed by atoms with E-state index in [0.29, 0.717) is 18.9 Å². The van der Waals surface area contributed by atoms with Crippen molar-refractivity contribution in [3.63, 3.8) is 0 Å². The molecule has 0 amide bonds. The molecule has 1 aliphatic carbocycles. The van der Waals surface area contributed by atoms with Crippen LogP contribution in [0.3, 0.4) is 0 Å². The van der Waals surface area contributed by atoms with Crippen molar-refractivity contribution >= 4 is 23.6 Å². The van der Waals surface area contributed by atoms with Crippen LogP contribution in [0.25, 0.3) is 0 Å². The standard InChI is InChI=1S/C14H22.C13H20O2S.C4H8.CH2O2/c1-3-4-5-6-7-8-14-11-9-13(2)10-12-14;1-10(4-5-11(2)14)8-15-9-13-7-6-12(3)16-13;1-2-4-3-1;2-1-3/h9-12H,3-8H2,1-2H3;6-7,10H,4-5,8-9H2,1-3H3;1-4H2;1H,(H,2,3). The summed E-state index contributed by atoms with van der Waals surface area (Å²) >= 11 is 1.78. The molecule has 3 rings (SSSR count). The normalized spacial score (nSPS) is 12.4. The molecule has 1 aromatic carbocycles. The SMILES string of the molecule is C1CCC1.CC(=O)CCC(C)COCc1ccc(C)s1.CCCCCCCc1ccc(C)cc1.O=CO. The maximum Gasteiger partial charge on any atom is 0.290 e. The number of hydrogen-bond donors (Lipinski definition) is 1. The Kier molecular flexibility index (Phi) is 23.1. The molecule has 1 unspecified atom stereocenters. The zero-order valence-electron chi connectivity index (χ0n) is 24.1. The number of thiophene rings is 1. The van der Waals surface area contributed by atoms with Gasteiger partial charge < -0.3 is 14.6 Å². The van der Waals surface area contributed by atoms with Gasteiger partial charge in [-0.2, -0.15) is 0 Å². The lowest BCUT2D eigenvalue weighted by Gasteiger charge is -2.10. The van der Waals surface area contributed by atoms with Gasteiger partial charge in [-0.05, 0) is 63.6 Å². The molecule has 1 fully saturated rings. The van der Waals surface area contributed by atoms with Crippen LogP contribution in [-0.2, 0) is 27.4 Å². The number of aryl methyl sites for hydroxylation is 3. The molecule has 2 aromatic rings. The van der Waals surface area contributed by atoms with E-state index >= 15 is 0 Å². The van der Waals surface area contributed by atoms with Gasteiger partial charge in [0.15, 0.2) is 0 Å². The van der Waals surface area contributed by atoms with Crippen LogP contribution in [0.1, 0.15) is 112 Å². The van der Waals surface area contributed by atoms with Crippen LogP contribution in [0.5, 0.6) is 0 Å². The van der Waals surface area contributed by atoms with Gasteiger partial charge in [0.2, 0.25) is 0 Å². The summed E-state index contributed by atoms with van der Waals surface area (Å²) in [5.74, 6) is 0.727. The number of ether oxygens (including phenoxy) is 1. The lowest BCUT2D eigenvalue weighted by atomic mass is 10.0. The summed E-state index contributed by atoms with van der Waals surface area (Å²) in [4.78, 5) is 21.8. The molecular weight excluding hydrogens is 480 g/mol. The molecule has 0 bridgehead atoms. The summed E-state index contributed by atoms with van der Waals surface area (Å²) in [5.41, 5.74) is 2.85.